The highest BCUT2D eigenvalue weighted by Crippen LogP contribution is 2.48. The van der Waals surface area contributed by atoms with Crippen molar-refractivity contribution in [2.45, 2.75) is 119 Å². The lowest BCUT2D eigenvalue weighted by molar-refractivity contribution is 0.0868. The Morgan fingerprint density at radius 2 is 1.46 bits per heavy atom. The number of hydrogen-bond acceptors (Lipinski definition) is 0. The maximum Gasteiger partial charge on any atom is -0.0354 e. The Bertz CT molecular complexity index is 381. The van der Waals surface area contributed by atoms with Crippen molar-refractivity contribution in [3.05, 3.63) is 0 Å². The molecule has 5 atom stereocenters. The molecule has 0 aliphatic heterocycles. The first-order valence-corrected chi connectivity index (χ1v) is 12.2. The highest BCUT2D eigenvalue weighted by Gasteiger charge is 2.37. The second-order valence-corrected chi connectivity index (χ2v) is 11.6. The van der Waals surface area contributed by atoms with E-state index >= 15 is 0 Å². The summed E-state index contributed by atoms with van der Waals surface area (Å²) in [5, 5.41) is 0. The van der Waals surface area contributed by atoms with Crippen LogP contribution in [0.2, 0.25) is 0 Å². The zero-order chi connectivity index (χ0) is 19.3. The fraction of sp³-hybridized carbons (Fsp3) is 1.00. The second kappa shape index (κ2) is 9.97. The summed E-state index contributed by atoms with van der Waals surface area (Å²) in [7, 11) is 0. The van der Waals surface area contributed by atoms with E-state index in [0.717, 1.165) is 41.4 Å². The Labute approximate surface area is 166 Å². The summed E-state index contributed by atoms with van der Waals surface area (Å²) in [5.74, 6) is 6.82. The molecule has 0 saturated heterocycles. The first kappa shape index (κ1) is 22.3. The largest absolute Gasteiger partial charge is 0.0654 e. The van der Waals surface area contributed by atoms with Crippen LogP contribution in [-0.2, 0) is 0 Å². The van der Waals surface area contributed by atoms with Crippen molar-refractivity contribution in [1.29, 1.82) is 0 Å². The molecule has 0 aromatic rings. The van der Waals surface area contributed by atoms with Gasteiger partial charge in [-0.3, -0.25) is 0 Å². The number of rotatable bonds is 12. The van der Waals surface area contributed by atoms with Crippen LogP contribution in [0, 0.1) is 46.8 Å². The van der Waals surface area contributed by atoms with Crippen LogP contribution in [0.3, 0.4) is 0 Å². The predicted octanol–water partition coefficient (Wildman–Crippen LogP) is 8.74. The van der Waals surface area contributed by atoms with E-state index in [-0.39, 0.29) is 0 Å². The van der Waals surface area contributed by atoms with Gasteiger partial charge in [-0.1, -0.05) is 87.0 Å². The van der Waals surface area contributed by atoms with E-state index in [1.165, 1.54) is 70.6 Å². The Hall–Kier alpha value is 0. The number of unbranched alkanes of at least 4 members (excludes halogenated alkanes) is 1. The summed E-state index contributed by atoms with van der Waals surface area (Å²) in [6, 6.07) is 0. The van der Waals surface area contributed by atoms with Gasteiger partial charge in [0.1, 0.15) is 0 Å². The third-order valence-electron chi connectivity index (χ3n) is 8.37. The van der Waals surface area contributed by atoms with Gasteiger partial charge in [0.15, 0.2) is 0 Å². The van der Waals surface area contributed by atoms with Crippen molar-refractivity contribution in [2.75, 3.05) is 0 Å². The topological polar surface area (TPSA) is 0 Å². The van der Waals surface area contributed by atoms with Crippen LogP contribution in [0.1, 0.15) is 119 Å². The molecule has 2 saturated carbocycles. The summed E-state index contributed by atoms with van der Waals surface area (Å²) in [5.41, 5.74) is 0.474. The fourth-order valence-electron chi connectivity index (χ4n) is 5.39. The van der Waals surface area contributed by atoms with Crippen molar-refractivity contribution in [3.63, 3.8) is 0 Å². The predicted molar refractivity (Wildman–Crippen MR) is 117 cm³/mol. The lowest BCUT2D eigenvalue weighted by atomic mass is 9.64. The van der Waals surface area contributed by atoms with E-state index in [0.29, 0.717) is 5.41 Å². The van der Waals surface area contributed by atoms with Crippen LogP contribution in [-0.4, -0.2) is 0 Å². The average molecular weight is 363 g/mol. The van der Waals surface area contributed by atoms with Crippen LogP contribution < -0.4 is 0 Å². The molecule has 0 nitrogen and oxygen atoms in total. The molecule has 0 spiro atoms. The Morgan fingerprint density at radius 1 is 0.808 bits per heavy atom. The van der Waals surface area contributed by atoms with Crippen molar-refractivity contribution in [3.8, 4) is 0 Å². The standard InChI is InChI=1S/C26H50/c1-8-9-11-19(2)20(3)16-24(23-12-10-13-23)18-25(26(5,6)7)17-21(4)22-14-15-22/h19-25H,8-18H2,1-7H3. The first-order chi connectivity index (χ1) is 12.2. The lowest BCUT2D eigenvalue weighted by Crippen LogP contribution is -2.32. The van der Waals surface area contributed by atoms with Gasteiger partial charge >= 0.3 is 0 Å². The van der Waals surface area contributed by atoms with Gasteiger partial charge in [-0.15, -0.1) is 0 Å². The summed E-state index contributed by atoms with van der Waals surface area (Å²) in [6.45, 7) is 17.5. The molecule has 26 heavy (non-hydrogen) atoms. The van der Waals surface area contributed by atoms with E-state index in [9.17, 15) is 0 Å². The molecule has 154 valence electrons. The Kier molecular flexibility index (Phi) is 8.55. The second-order valence-electron chi connectivity index (χ2n) is 11.6. The molecule has 2 rings (SSSR count). The van der Waals surface area contributed by atoms with Gasteiger partial charge in [-0.25, -0.2) is 0 Å². The molecule has 2 fully saturated rings. The Morgan fingerprint density at radius 3 is 1.92 bits per heavy atom. The minimum absolute atomic E-state index is 0.474. The minimum Gasteiger partial charge on any atom is -0.0654 e. The molecule has 0 N–H and O–H groups in total. The third kappa shape index (κ3) is 6.87. The molecular formula is C26H50. The van der Waals surface area contributed by atoms with Gasteiger partial charge in [0.05, 0.1) is 0 Å². The highest BCUT2D eigenvalue weighted by molar-refractivity contribution is 4.88. The molecular weight excluding hydrogens is 312 g/mol. The monoisotopic (exact) mass is 362 g/mol. The molecule has 0 bridgehead atoms. The Balaban J connectivity index is 1.96. The van der Waals surface area contributed by atoms with Gasteiger partial charge in [0, 0.05) is 0 Å². The molecule has 2 aliphatic rings. The van der Waals surface area contributed by atoms with E-state index in [4.69, 9.17) is 0 Å². The maximum absolute atomic E-state index is 2.56. The first-order valence-electron chi connectivity index (χ1n) is 12.2. The molecule has 0 aromatic carbocycles. The molecule has 0 heteroatoms. The maximum atomic E-state index is 2.56. The highest BCUT2D eigenvalue weighted by atomic mass is 14.4. The van der Waals surface area contributed by atoms with Crippen LogP contribution in [0.5, 0.6) is 0 Å². The average Bonchev–Trinajstić information content (AvgIpc) is 3.33. The molecule has 2 aliphatic carbocycles. The van der Waals surface area contributed by atoms with E-state index in [1.807, 2.05) is 0 Å². The summed E-state index contributed by atoms with van der Waals surface area (Å²) in [4.78, 5) is 0. The van der Waals surface area contributed by atoms with Gasteiger partial charge in [-0.05, 0) is 78.9 Å². The number of hydrogen-bond donors (Lipinski definition) is 0. The van der Waals surface area contributed by atoms with Gasteiger partial charge in [0.25, 0.3) is 0 Å². The molecule has 0 amide bonds. The van der Waals surface area contributed by atoms with Crippen molar-refractivity contribution in [1.82, 2.24) is 0 Å². The summed E-state index contributed by atoms with van der Waals surface area (Å²) < 4.78 is 0. The fourth-order valence-corrected chi connectivity index (χ4v) is 5.39. The smallest absolute Gasteiger partial charge is 0.0354 e. The summed E-state index contributed by atoms with van der Waals surface area (Å²) in [6.07, 6.45) is 16.3. The molecule has 5 unspecified atom stereocenters. The summed E-state index contributed by atoms with van der Waals surface area (Å²) >= 11 is 0. The normalized spacial score (nSPS) is 24.6. The van der Waals surface area contributed by atoms with Crippen LogP contribution in [0.4, 0.5) is 0 Å². The zero-order valence-corrected chi connectivity index (χ0v) is 19.3. The zero-order valence-electron chi connectivity index (χ0n) is 19.3. The van der Waals surface area contributed by atoms with Crippen LogP contribution in [0.15, 0.2) is 0 Å². The molecule has 0 aromatic heterocycles. The quantitative estimate of drug-likeness (QED) is 0.325. The third-order valence-corrected chi connectivity index (χ3v) is 8.37. The lowest BCUT2D eigenvalue weighted by Gasteiger charge is -2.42. The minimum atomic E-state index is 0.474. The van der Waals surface area contributed by atoms with Crippen LogP contribution in [0.25, 0.3) is 0 Å². The van der Waals surface area contributed by atoms with Crippen molar-refractivity contribution in [2.24, 2.45) is 46.8 Å². The van der Waals surface area contributed by atoms with Gasteiger partial charge in [0.2, 0.25) is 0 Å². The van der Waals surface area contributed by atoms with Crippen LogP contribution >= 0.6 is 0 Å². The van der Waals surface area contributed by atoms with Crippen molar-refractivity contribution < 1.29 is 0 Å². The SMILES string of the molecule is CCCCC(C)C(C)CC(CC(CC(C)C1CC1)C(C)(C)C)C1CCC1. The van der Waals surface area contributed by atoms with Gasteiger partial charge in [-0.2, -0.15) is 0 Å². The van der Waals surface area contributed by atoms with E-state index in [2.05, 4.69) is 48.5 Å². The van der Waals surface area contributed by atoms with E-state index < -0.39 is 0 Å². The molecule has 0 radical (unpaired) electrons. The van der Waals surface area contributed by atoms with Crippen molar-refractivity contribution >= 4 is 0 Å². The molecule has 0 heterocycles. The van der Waals surface area contributed by atoms with Gasteiger partial charge < -0.3 is 0 Å². The van der Waals surface area contributed by atoms with E-state index in [1.54, 1.807) is 0 Å².